The van der Waals surface area contributed by atoms with E-state index in [1.54, 1.807) is 24.3 Å². The van der Waals surface area contributed by atoms with Crippen molar-refractivity contribution < 1.29 is 24.4 Å². The highest BCUT2D eigenvalue weighted by molar-refractivity contribution is 6.21. The van der Waals surface area contributed by atoms with Gasteiger partial charge in [-0.3, -0.25) is 24.6 Å². The Morgan fingerprint density at radius 3 is 2.19 bits per heavy atom. The number of fused-ring (bicyclic) bond motifs is 1. The molecule has 4 rings (SSSR count). The van der Waals surface area contributed by atoms with Crippen LogP contribution in [0.5, 0.6) is 0 Å². The first kappa shape index (κ1) is 16.4. The van der Waals surface area contributed by atoms with E-state index in [1.165, 1.54) is 24.3 Å². The van der Waals surface area contributed by atoms with Crippen LogP contribution in [0.25, 0.3) is 0 Å². The van der Waals surface area contributed by atoms with Crippen LogP contribution in [0.1, 0.15) is 32.4 Å². The van der Waals surface area contributed by atoms with Crippen molar-refractivity contribution in [3.8, 4) is 0 Å². The molecule has 8 nitrogen and oxygen atoms in total. The van der Waals surface area contributed by atoms with Gasteiger partial charge in [0, 0.05) is 12.1 Å². The molecule has 2 aromatic carbocycles. The third-order valence-electron chi connectivity index (χ3n) is 4.62. The molecule has 0 radical (unpaired) electrons. The van der Waals surface area contributed by atoms with Gasteiger partial charge in [-0.25, -0.2) is 0 Å². The van der Waals surface area contributed by atoms with Gasteiger partial charge in [0.25, 0.3) is 17.5 Å². The second-order valence-electron chi connectivity index (χ2n) is 6.20. The highest BCUT2D eigenvalue weighted by Crippen LogP contribution is 2.36. The maximum atomic E-state index is 12.3. The minimum atomic E-state index is -0.990. The molecule has 2 aromatic rings. The van der Waals surface area contributed by atoms with E-state index in [4.69, 9.17) is 4.74 Å². The number of non-ortho nitro benzene ring substituents is 1. The van der Waals surface area contributed by atoms with E-state index in [9.17, 15) is 24.8 Å². The van der Waals surface area contributed by atoms with E-state index in [2.05, 4.69) is 0 Å². The van der Waals surface area contributed by atoms with Crippen molar-refractivity contribution in [1.82, 2.24) is 4.90 Å². The number of benzene rings is 2. The highest BCUT2D eigenvalue weighted by Gasteiger charge is 2.49. The zero-order valence-corrected chi connectivity index (χ0v) is 13.4. The lowest BCUT2D eigenvalue weighted by Gasteiger charge is -2.13. The van der Waals surface area contributed by atoms with Crippen molar-refractivity contribution in [3.63, 3.8) is 0 Å². The maximum Gasteiger partial charge on any atom is 0.269 e. The number of ether oxygens (including phenoxy) is 1. The average molecular weight is 354 g/mol. The smallest absolute Gasteiger partial charge is 0.269 e. The molecule has 0 saturated carbocycles. The van der Waals surface area contributed by atoms with Crippen LogP contribution < -0.4 is 0 Å². The number of nitro benzene ring substituents is 1. The Bertz CT molecular complexity index is 875. The van der Waals surface area contributed by atoms with E-state index in [-0.39, 0.29) is 24.0 Å². The first-order valence-corrected chi connectivity index (χ1v) is 8.00. The maximum absolute atomic E-state index is 12.3. The molecule has 132 valence electrons. The fraction of sp³-hybridized carbons (Fsp3) is 0.222. The van der Waals surface area contributed by atoms with Crippen LogP contribution in [0.3, 0.4) is 0 Å². The van der Waals surface area contributed by atoms with Crippen LogP contribution in [-0.4, -0.2) is 45.5 Å². The summed E-state index contributed by atoms with van der Waals surface area (Å²) in [5.74, 6) is -0.741. The summed E-state index contributed by atoms with van der Waals surface area (Å²) in [4.78, 5) is 36.0. The number of nitro groups is 1. The summed E-state index contributed by atoms with van der Waals surface area (Å²) in [5.41, 5.74) is 1.14. The number of aliphatic hydroxyl groups excluding tert-OH is 1. The highest BCUT2D eigenvalue weighted by atomic mass is 16.6. The topological polar surface area (TPSA) is 113 Å². The number of epoxide rings is 1. The number of carbonyl (C=O) groups excluding carboxylic acids is 2. The average Bonchev–Trinajstić information content (AvgIpc) is 3.39. The van der Waals surface area contributed by atoms with Gasteiger partial charge in [0.15, 0.2) is 0 Å². The van der Waals surface area contributed by atoms with Gasteiger partial charge in [-0.05, 0) is 29.8 Å². The fourth-order valence-electron chi connectivity index (χ4n) is 3.15. The summed E-state index contributed by atoms with van der Waals surface area (Å²) >= 11 is 0. The fourth-order valence-corrected chi connectivity index (χ4v) is 3.15. The molecule has 1 N–H and O–H groups in total. The number of hydrogen-bond acceptors (Lipinski definition) is 6. The minimum absolute atomic E-state index is 0.0566. The summed E-state index contributed by atoms with van der Waals surface area (Å²) in [6.07, 6.45) is -2.03. The van der Waals surface area contributed by atoms with Crippen LogP contribution in [0, 0.1) is 10.1 Å². The summed E-state index contributed by atoms with van der Waals surface area (Å²) in [6, 6.07) is 12.1. The van der Waals surface area contributed by atoms with E-state index < -0.39 is 23.2 Å². The Balaban J connectivity index is 1.42. The second-order valence-corrected chi connectivity index (χ2v) is 6.20. The van der Waals surface area contributed by atoms with Gasteiger partial charge in [0.1, 0.15) is 18.3 Å². The molecule has 0 bridgehead atoms. The lowest BCUT2D eigenvalue weighted by Crippen LogP contribution is -2.34. The van der Waals surface area contributed by atoms with Crippen LogP contribution in [0.2, 0.25) is 0 Å². The molecule has 26 heavy (non-hydrogen) atoms. The van der Waals surface area contributed by atoms with Crippen LogP contribution in [0.4, 0.5) is 5.69 Å². The number of nitrogens with zero attached hydrogens (tertiary/aromatic N) is 2. The normalized spacial score (nSPS) is 22.3. The number of carbonyl (C=O) groups is 2. The number of imide groups is 1. The Hall–Kier alpha value is -3.10. The predicted octanol–water partition coefficient (Wildman–Crippen LogP) is 1.69. The molecule has 0 aliphatic carbocycles. The molecule has 1 saturated heterocycles. The van der Waals surface area contributed by atoms with Gasteiger partial charge in [-0.1, -0.05) is 12.1 Å². The first-order valence-electron chi connectivity index (χ1n) is 8.00. The van der Waals surface area contributed by atoms with Crippen molar-refractivity contribution in [2.45, 2.75) is 18.3 Å². The molecule has 2 aliphatic rings. The lowest BCUT2D eigenvalue weighted by molar-refractivity contribution is -0.384. The summed E-state index contributed by atoms with van der Waals surface area (Å²) in [6.45, 7) is 0.0566. The standard InChI is InChI=1S/C18H14N2O6/c21-15(10-5-7-11(8-6-10)20(24)25)16-14(26-16)9-19-17(22)12-3-1-2-4-13(12)18(19)23/h1-8,14-16,21H,9H2/t14-,15-,16+/m1/s1. The quantitative estimate of drug-likeness (QED) is 0.378. The zero-order chi connectivity index (χ0) is 18.4. The monoisotopic (exact) mass is 354 g/mol. The van der Waals surface area contributed by atoms with Gasteiger partial charge in [0.05, 0.1) is 22.6 Å². The van der Waals surface area contributed by atoms with E-state index in [0.717, 1.165) is 4.90 Å². The third kappa shape index (κ3) is 2.65. The van der Waals surface area contributed by atoms with Gasteiger partial charge >= 0.3 is 0 Å². The van der Waals surface area contributed by atoms with Gasteiger partial charge in [-0.2, -0.15) is 0 Å². The van der Waals surface area contributed by atoms with Gasteiger partial charge in [-0.15, -0.1) is 0 Å². The molecule has 2 aliphatic heterocycles. The Morgan fingerprint density at radius 2 is 1.65 bits per heavy atom. The van der Waals surface area contributed by atoms with Crippen molar-refractivity contribution in [3.05, 3.63) is 75.3 Å². The SMILES string of the molecule is O=C1c2ccccc2C(=O)N1C[C@H]1O[C@@H]1[C@H](O)c1ccc([N+](=O)[O-])cc1. The number of rotatable bonds is 5. The molecule has 1 fully saturated rings. The second kappa shape index (κ2) is 6.01. The van der Waals surface area contributed by atoms with Gasteiger partial charge in [0.2, 0.25) is 0 Å². The molecular formula is C18H14N2O6. The van der Waals surface area contributed by atoms with Crippen molar-refractivity contribution in [1.29, 1.82) is 0 Å². The molecule has 0 unspecified atom stereocenters. The number of amides is 2. The largest absolute Gasteiger partial charge is 0.386 e. The van der Waals surface area contributed by atoms with E-state index >= 15 is 0 Å². The molecule has 2 heterocycles. The van der Waals surface area contributed by atoms with E-state index in [0.29, 0.717) is 16.7 Å². The van der Waals surface area contributed by atoms with Crippen molar-refractivity contribution >= 4 is 17.5 Å². The van der Waals surface area contributed by atoms with E-state index in [1.807, 2.05) is 0 Å². The van der Waals surface area contributed by atoms with Crippen LogP contribution in [0.15, 0.2) is 48.5 Å². The third-order valence-corrected chi connectivity index (χ3v) is 4.62. The molecule has 0 spiro atoms. The lowest BCUT2D eigenvalue weighted by atomic mass is 10.0. The number of hydrogen-bond donors (Lipinski definition) is 1. The number of aliphatic hydroxyl groups is 1. The minimum Gasteiger partial charge on any atom is -0.386 e. The van der Waals surface area contributed by atoms with Crippen LogP contribution >= 0.6 is 0 Å². The van der Waals surface area contributed by atoms with Crippen molar-refractivity contribution in [2.75, 3.05) is 6.54 Å². The summed E-state index contributed by atoms with van der Waals surface area (Å²) in [5, 5.41) is 21.0. The molecule has 0 aromatic heterocycles. The molecular weight excluding hydrogens is 340 g/mol. The predicted molar refractivity (Wildman–Crippen MR) is 88.5 cm³/mol. The van der Waals surface area contributed by atoms with Gasteiger partial charge < -0.3 is 9.84 Å². The Morgan fingerprint density at radius 1 is 1.08 bits per heavy atom. The Kier molecular flexibility index (Phi) is 3.78. The molecule has 3 atom stereocenters. The zero-order valence-electron chi connectivity index (χ0n) is 13.4. The van der Waals surface area contributed by atoms with Crippen molar-refractivity contribution in [2.24, 2.45) is 0 Å². The summed E-state index contributed by atoms with van der Waals surface area (Å²) < 4.78 is 5.44. The molecule has 2 amide bonds. The molecule has 8 heteroatoms. The summed E-state index contributed by atoms with van der Waals surface area (Å²) in [7, 11) is 0. The van der Waals surface area contributed by atoms with Crippen LogP contribution in [-0.2, 0) is 4.74 Å². The Labute approximate surface area is 147 Å². The first-order chi connectivity index (χ1) is 12.5.